The number of rotatable bonds is 9. The van der Waals surface area contributed by atoms with E-state index in [1.165, 1.54) is 6.92 Å². The highest BCUT2D eigenvalue weighted by atomic mass is 16.5. The summed E-state index contributed by atoms with van der Waals surface area (Å²) in [6, 6.07) is 13.3. The van der Waals surface area contributed by atoms with Crippen LogP contribution in [0, 0.1) is 17.2 Å². The Labute approximate surface area is 204 Å². The topological polar surface area (TPSA) is 114 Å². The Morgan fingerprint density at radius 2 is 1.74 bits per heavy atom. The van der Waals surface area contributed by atoms with Gasteiger partial charge in [0.05, 0.1) is 41.7 Å². The highest BCUT2D eigenvalue weighted by molar-refractivity contribution is 6.04. The van der Waals surface area contributed by atoms with Gasteiger partial charge in [0.2, 0.25) is 5.91 Å². The zero-order valence-corrected chi connectivity index (χ0v) is 20.6. The fourth-order valence-corrected chi connectivity index (χ4v) is 3.87. The number of aliphatic hydroxyl groups is 3. The molecular formula is C27H42N2O5. The van der Waals surface area contributed by atoms with Crippen molar-refractivity contribution in [3.8, 4) is 6.07 Å². The minimum absolute atomic E-state index is 0. The van der Waals surface area contributed by atoms with Crippen molar-refractivity contribution < 1.29 is 24.9 Å². The number of hydrogen-bond donors (Lipinski definition) is 3. The lowest BCUT2D eigenvalue weighted by molar-refractivity contribution is -0.176. The number of amides is 1. The molecule has 0 aliphatic carbocycles. The van der Waals surface area contributed by atoms with Gasteiger partial charge in [-0.15, -0.1) is 0 Å². The Morgan fingerprint density at radius 1 is 1.15 bits per heavy atom. The van der Waals surface area contributed by atoms with Crippen molar-refractivity contribution in [1.29, 1.82) is 5.26 Å². The molecule has 0 aliphatic rings. The molecule has 2 rings (SSSR count). The van der Waals surface area contributed by atoms with E-state index in [-0.39, 0.29) is 32.5 Å². The molecule has 190 valence electrons. The fraction of sp³-hybridized carbons (Fsp3) is 0.556. The van der Waals surface area contributed by atoms with Crippen LogP contribution in [0.4, 0.5) is 5.69 Å². The maximum atomic E-state index is 11.4. The maximum absolute atomic E-state index is 11.4. The number of anilines is 1. The van der Waals surface area contributed by atoms with E-state index in [0.717, 1.165) is 16.5 Å². The zero-order chi connectivity index (χ0) is 25.2. The molecule has 4 atom stereocenters. The summed E-state index contributed by atoms with van der Waals surface area (Å²) in [7, 11) is 1.73. The number of benzene rings is 2. The summed E-state index contributed by atoms with van der Waals surface area (Å²) in [4.78, 5) is 13.0. The molecule has 0 radical (unpaired) electrons. The summed E-state index contributed by atoms with van der Waals surface area (Å²) in [6.45, 7) is 8.96. The zero-order valence-electron chi connectivity index (χ0n) is 20.6. The summed E-state index contributed by atoms with van der Waals surface area (Å²) < 4.78 is 5.69. The minimum Gasteiger partial charge on any atom is -0.396 e. The van der Waals surface area contributed by atoms with Crippen LogP contribution in [0.2, 0.25) is 0 Å². The van der Waals surface area contributed by atoms with Gasteiger partial charge in [0.15, 0.2) is 0 Å². The van der Waals surface area contributed by atoms with E-state index in [9.17, 15) is 20.1 Å². The van der Waals surface area contributed by atoms with Crippen LogP contribution in [0.1, 0.15) is 60.5 Å². The van der Waals surface area contributed by atoms with E-state index in [1.807, 2.05) is 51.1 Å². The lowest BCUT2D eigenvalue weighted by Gasteiger charge is -2.41. The average molecular weight is 475 g/mol. The van der Waals surface area contributed by atoms with E-state index < -0.39 is 17.8 Å². The summed E-state index contributed by atoms with van der Waals surface area (Å²) in [6.07, 6.45) is -0.0201. The van der Waals surface area contributed by atoms with Crippen molar-refractivity contribution in [2.45, 2.75) is 72.7 Å². The SMILES string of the molecule is C.CC(=O)N(C)c1ccc(C#N)c2ccccc12.CCC(O)C(CC)(OCC(C)O)C(C)CO. The molecule has 0 spiro atoms. The third-order valence-corrected chi connectivity index (χ3v) is 6.06. The number of hydrogen-bond acceptors (Lipinski definition) is 6. The third kappa shape index (κ3) is 7.51. The van der Waals surface area contributed by atoms with E-state index in [2.05, 4.69) is 6.07 Å². The first kappa shape index (κ1) is 31.5. The molecule has 2 aromatic carbocycles. The molecule has 4 unspecified atom stereocenters. The summed E-state index contributed by atoms with van der Waals surface area (Å²) >= 11 is 0. The van der Waals surface area contributed by atoms with E-state index in [1.54, 1.807) is 24.9 Å². The molecule has 7 heteroatoms. The van der Waals surface area contributed by atoms with Crippen molar-refractivity contribution in [2.24, 2.45) is 5.92 Å². The number of aliphatic hydroxyl groups excluding tert-OH is 3. The molecule has 7 nitrogen and oxygen atoms in total. The Bertz CT molecular complexity index is 928. The second-order valence-corrected chi connectivity index (χ2v) is 8.34. The Hall–Kier alpha value is -2.50. The van der Waals surface area contributed by atoms with Gasteiger partial charge in [-0.3, -0.25) is 4.79 Å². The summed E-state index contributed by atoms with van der Waals surface area (Å²) in [5.74, 6) is -0.189. The molecule has 0 heterocycles. The normalized spacial score (nSPS) is 14.9. The maximum Gasteiger partial charge on any atom is 0.223 e. The van der Waals surface area contributed by atoms with Gasteiger partial charge in [-0.2, -0.15) is 5.26 Å². The Morgan fingerprint density at radius 3 is 2.18 bits per heavy atom. The number of nitrogens with zero attached hydrogens (tertiary/aromatic N) is 2. The molecule has 1 amide bonds. The van der Waals surface area contributed by atoms with Gasteiger partial charge in [0.1, 0.15) is 0 Å². The third-order valence-electron chi connectivity index (χ3n) is 6.06. The lowest BCUT2D eigenvalue weighted by atomic mass is 9.80. The highest BCUT2D eigenvalue weighted by Crippen LogP contribution is 2.32. The minimum atomic E-state index is -0.763. The molecule has 0 saturated carbocycles. The van der Waals surface area contributed by atoms with Crippen LogP contribution in [0.5, 0.6) is 0 Å². The fourth-order valence-electron chi connectivity index (χ4n) is 3.87. The Kier molecular flexibility index (Phi) is 13.6. The summed E-state index contributed by atoms with van der Waals surface area (Å²) in [5.41, 5.74) is 0.689. The number of nitriles is 1. The Balaban J connectivity index is 0.000000624. The van der Waals surface area contributed by atoms with E-state index in [4.69, 9.17) is 10.00 Å². The second-order valence-electron chi connectivity index (χ2n) is 8.34. The van der Waals surface area contributed by atoms with Crippen LogP contribution in [0.25, 0.3) is 10.8 Å². The largest absolute Gasteiger partial charge is 0.396 e. The van der Waals surface area contributed by atoms with Gasteiger partial charge in [0.25, 0.3) is 0 Å². The van der Waals surface area contributed by atoms with Gasteiger partial charge in [-0.1, -0.05) is 52.5 Å². The molecule has 0 aromatic heterocycles. The first-order valence-corrected chi connectivity index (χ1v) is 11.4. The van der Waals surface area contributed by atoms with Gasteiger partial charge in [-0.25, -0.2) is 0 Å². The number of carbonyl (C=O) groups is 1. The molecular weight excluding hydrogens is 432 g/mol. The van der Waals surface area contributed by atoms with E-state index >= 15 is 0 Å². The number of fused-ring (bicyclic) bond motifs is 1. The van der Waals surface area contributed by atoms with Crippen LogP contribution in [0.15, 0.2) is 36.4 Å². The van der Waals surface area contributed by atoms with Crippen molar-refractivity contribution >= 4 is 22.4 Å². The van der Waals surface area contributed by atoms with Gasteiger partial charge < -0.3 is 25.0 Å². The molecule has 34 heavy (non-hydrogen) atoms. The van der Waals surface area contributed by atoms with Crippen LogP contribution in [0.3, 0.4) is 0 Å². The molecule has 3 N–H and O–H groups in total. The van der Waals surface area contributed by atoms with Crippen molar-refractivity contribution in [1.82, 2.24) is 0 Å². The standard InChI is InChI=1S/C14H12N2O.C12H26O4.CH4/c1-10(17)16(2)14-8-7-11(9-15)12-5-3-4-6-13(12)14;1-5-11(15)12(6-2,9(3)7-13)16-8-10(4)14;/h3-8H,1-2H3;9-11,13-15H,5-8H2,1-4H3;1H4. The smallest absolute Gasteiger partial charge is 0.223 e. The second kappa shape index (κ2) is 14.7. The first-order chi connectivity index (χ1) is 15.6. The highest BCUT2D eigenvalue weighted by Gasteiger charge is 2.41. The summed E-state index contributed by atoms with van der Waals surface area (Å²) in [5, 5.41) is 39.4. The van der Waals surface area contributed by atoms with Crippen molar-refractivity contribution in [3.05, 3.63) is 42.0 Å². The number of ether oxygens (including phenoxy) is 1. The predicted octanol–water partition coefficient (Wildman–Crippen LogP) is 4.26. The van der Waals surface area contributed by atoms with Crippen LogP contribution < -0.4 is 4.90 Å². The van der Waals surface area contributed by atoms with Crippen LogP contribution in [-0.4, -0.2) is 59.3 Å². The van der Waals surface area contributed by atoms with Crippen LogP contribution >= 0.6 is 0 Å². The molecule has 0 fully saturated rings. The molecule has 0 aliphatic heterocycles. The molecule has 2 aromatic rings. The van der Waals surface area contributed by atoms with Gasteiger partial charge in [0, 0.05) is 37.3 Å². The molecule has 0 bridgehead atoms. The van der Waals surface area contributed by atoms with Gasteiger partial charge in [-0.05, 0) is 31.9 Å². The monoisotopic (exact) mass is 474 g/mol. The van der Waals surface area contributed by atoms with Gasteiger partial charge >= 0.3 is 0 Å². The first-order valence-electron chi connectivity index (χ1n) is 11.4. The quantitative estimate of drug-likeness (QED) is 0.500. The van der Waals surface area contributed by atoms with E-state index in [0.29, 0.717) is 18.4 Å². The average Bonchev–Trinajstić information content (AvgIpc) is 2.83. The van der Waals surface area contributed by atoms with Crippen molar-refractivity contribution in [2.75, 3.05) is 25.2 Å². The van der Waals surface area contributed by atoms with Crippen molar-refractivity contribution in [3.63, 3.8) is 0 Å². The number of carbonyl (C=O) groups excluding carboxylic acids is 1. The van der Waals surface area contributed by atoms with Crippen LogP contribution in [-0.2, 0) is 9.53 Å². The predicted molar refractivity (Wildman–Crippen MR) is 138 cm³/mol. The lowest BCUT2D eigenvalue weighted by Crippen LogP contribution is -2.51. The molecule has 0 saturated heterocycles.